The van der Waals surface area contributed by atoms with Gasteiger partial charge < -0.3 is 4.42 Å². The second-order valence-electron chi connectivity index (χ2n) is 5.58. The smallest absolute Gasteiger partial charge is 0.240 e. The van der Waals surface area contributed by atoms with Crippen LogP contribution in [0.4, 0.5) is 0 Å². The predicted octanol–water partition coefficient (Wildman–Crippen LogP) is 3.16. The lowest BCUT2D eigenvalue weighted by molar-refractivity contribution is 0.216. The zero-order valence-electron chi connectivity index (χ0n) is 12.6. The van der Waals surface area contributed by atoms with E-state index in [1.54, 1.807) is 30.5 Å². The summed E-state index contributed by atoms with van der Waals surface area (Å²) in [5.74, 6) is 0.795. The zero-order chi connectivity index (χ0) is 16.3. The van der Waals surface area contributed by atoms with E-state index in [1.807, 2.05) is 12.1 Å². The molecule has 124 valence electrons. The Hall–Kier alpha value is -1.15. The van der Waals surface area contributed by atoms with Crippen molar-refractivity contribution in [3.05, 3.63) is 52.9 Å². The number of rotatable bonds is 6. The molecule has 0 aliphatic carbocycles. The third-order valence-corrected chi connectivity index (χ3v) is 5.94. The van der Waals surface area contributed by atoms with Crippen molar-refractivity contribution in [3.8, 4) is 0 Å². The maximum absolute atomic E-state index is 12.5. The first-order chi connectivity index (χ1) is 11.1. The first-order valence-corrected chi connectivity index (χ1v) is 9.86. The summed E-state index contributed by atoms with van der Waals surface area (Å²) in [4.78, 5) is 2.52. The first kappa shape index (κ1) is 16.7. The molecule has 1 fully saturated rings. The highest BCUT2D eigenvalue weighted by molar-refractivity contribution is 9.10. The van der Waals surface area contributed by atoms with Crippen molar-refractivity contribution in [3.63, 3.8) is 0 Å². The van der Waals surface area contributed by atoms with Crippen LogP contribution in [-0.2, 0) is 10.0 Å². The maximum Gasteiger partial charge on any atom is 0.240 e. The molecule has 2 heterocycles. The summed E-state index contributed by atoms with van der Waals surface area (Å²) >= 11 is 3.30. The van der Waals surface area contributed by atoms with Gasteiger partial charge in [-0.2, -0.15) is 0 Å². The number of halogens is 1. The molecule has 0 saturated carbocycles. The van der Waals surface area contributed by atoms with E-state index in [2.05, 4.69) is 25.6 Å². The molecule has 1 aromatic heterocycles. The summed E-state index contributed by atoms with van der Waals surface area (Å²) in [7, 11) is -3.55. The lowest BCUT2D eigenvalue weighted by atomic mass is 10.2. The Bertz CT molecular complexity index is 740. The molecule has 0 spiro atoms. The van der Waals surface area contributed by atoms with Crippen LogP contribution < -0.4 is 4.72 Å². The molecule has 1 saturated heterocycles. The van der Waals surface area contributed by atoms with Crippen molar-refractivity contribution in [1.82, 2.24) is 9.62 Å². The second-order valence-corrected chi connectivity index (χ2v) is 8.27. The molecular formula is C16H19BrN2O3S. The Balaban J connectivity index is 1.76. The second kappa shape index (κ2) is 7.17. The van der Waals surface area contributed by atoms with Gasteiger partial charge in [0, 0.05) is 11.0 Å². The molecule has 7 heteroatoms. The number of hydrogen-bond acceptors (Lipinski definition) is 4. The van der Waals surface area contributed by atoms with Crippen LogP contribution >= 0.6 is 15.9 Å². The average molecular weight is 399 g/mol. The Morgan fingerprint density at radius 1 is 1.22 bits per heavy atom. The molecule has 5 nitrogen and oxygen atoms in total. The third-order valence-electron chi connectivity index (χ3n) is 4.03. The van der Waals surface area contributed by atoms with Crippen molar-refractivity contribution in [2.45, 2.75) is 23.8 Å². The number of benzene rings is 1. The third kappa shape index (κ3) is 4.03. The lowest BCUT2D eigenvalue weighted by Crippen LogP contribution is -2.36. The number of hydrogen-bond donors (Lipinski definition) is 1. The van der Waals surface area contributed by atoms with E-state index in [0.29, 0.717) is 6.54 Å². The molecule has 1 aliphatic rings. The van der Waals surface area contributed by atoms with Gasteiger partial charge in [0.25, 0.3) is 0 Å². The molecule has 0 bridgehead atoms. The normalized spacial score (nSPS) is 17.4. The summed E-state index contributed by atoms with van der Waals surface area (Å²) < 4.78 is 34.0. The Morgan fingerprint density at radius 2 is 2.00 bits per heavy atom. The summed E-state index contributed by atoms with van der Waals surface area (Å²) in [5.41, 5.74) is 0. The van der Waals surface area contributed by atoms with Crippen LogP contribution in [0.2, 0.25) is 0 Å². The SMILES string of the molecule is O=S(=O)(NC[C@H](c1ccco1)N1CCCC1)c1cccc(Br)c1. The molecule has 1 atom stereocenters. The fourth-order valence-electron chi connectivity index (χ4n) is 2.85. The molecule has 3 rings (SSSR count). The van der Waals surface area contributed by atoms with Crippen LogP contribution in [0.3, 0.4) is 0 Å². The molecular weight excluding hydrogens is 380 g/mol. The van der Waals surface area contributed by atoms with Crippen LogP contribution in [0, 0.1) is 0 Å². The van der Waals surface area contributed by atoms with E-state index in [4.69, 9.17) is 4.42 Å². The monoisotopic (exact) mass is 398 g/mol. The summed E-state index contributed by atoms with van der Waals surface area (Å²) in [6, 6.07) is 10.4. The molecule has 1 N–H and O–H groups in total. The van der Waals surface area contributed by atoms with Crippen LogP contribution in [-0.4, -0.2) is 33.0 Å². The zero-order valence-corrected chi connectivity index (χ0v) is 15.0. The van der Waals surface area contributed by atoms with Crippen LogP contribution in [0.5, 0.6) is 0 Å². The van der Waals surface area contributed by atoms with Gasteiger partial charge in [0.1, 0.15) is 5.76 Å². The van der Waals surface area contributed by atoms with E-state index >= 15 is 0 Å². The van der Waals surface area contributed by atoms with Crippen LogP contribution in [0.1, 0.15) is 24.6 Å². The van der Waals surface area contributed by atoms with Gasteiger partial charge >= 0.3 is 0 Å². The van der Waals surface area contributed by atoms with Gasteiger partial charge in [-0.25, -0.2) is 13.1 Å². The quantitative estimate of drug-likeness (QED) is 0.811. The Kier molecular flexibility index (Phi) is 5.21. The molecule has 0 amide bonds. The van der Waals surface area contributed by atoms with Gasteiger partial charge in [0.05, 0.1) is 17.2 Å². The fraction of sp³-hybridized carbons (Fsp3) is 0.375. The van der Waals surface area contributed by atoms with Crippen molar-refractivity contribution in [2.24, 2.45) is 0 Å². The van der Waals surface area contributed by atoms with E-state index in [-0.39, 0.29) is 10.9 Å². The molecule has 0 radical (unpaired) electrons. The number of nitrogens with one attached hydrogen (secondary N) is 1. The van der Waals surface area contributed by atoms with Gasteiger partial charge in [-0.05, 0) is 56.3 Å². The van der Waals surface area contributed by atoms with Crippen molar-refractivity contribution in [1.29, 1.82) is 0 Å². The number of nitrogens with zero attached hydrogens (tertiary/aromatic N) is 1. The van der Waals surface area contributed by atoms with Gasteiger partial charge in [-0.1, -0.05) is 22.0 Å². The molecule has 1 aromatic carbocycles. The van der Waals surface area contributed by atoms with Crippen LogP contribution in [0.25, 0.3) is 0 Å². The highest BCUT2D eigenvalue weighted by Gasteiger charge is 2.27. The van der Waals surface area contributed by atoms with E-state index < -0.39 is 10.0 Å². The van der Waals surface area contributed by atoms with Crippen molar-refractivity contribution in [2.75, 3.05) is 19.6 Å². The van der Waals surface area contributed by atoms with E-state index in [0.717, 1.165) is 36.2 Å². The van der Waals surface area contributed by atoms with Gasteiger partial charge in [-0.3, -0.25) is 4.90 Å². The van der Waals surface area contributed by atoms with Gasteiger partial charge in [-0.15, -0.1) is 0 Å². The molecule has 1 aliphatic heterocycles. The molecule has 0 unspecified atom stereocenters. The first-order valence-electron chi connectivity index (χ1n) is 7.59. The number of sulfonamides is 1. The Labute approximate surface area is 144 Å². The minimum Gasteiger partial charge on any atom is -0.468 e. The van der Waals surface area contributed by atoms with Gasteiger partial charge in [0.15, 0.2) is 0 Å². The predicted molar refractivity (Wildman–Crippen MR) is 91.6 cm³/mol. The largest absolute Gasteiger partial charge is 0.468 e. The summed E-state index contributed by atoms with van der Waals surface area (Å²) in [6.45, 7) is 2.22. The highest BCUT2D eigenvalue weighted by atomic mass is 79.9. The van der Waals surface area contributed by atoms with E-state index in [9.17, 15) is 8.42 Å². The lowest BCUT2D eigenvalue weighted by Gasteiger charge is -2.25. The van der Waals surface area contributed by atoms with E-state index in [1.165, 1.54) is 0 Å². The Morgan fingerprint density at radius 3 is 2.65 bits per heavy atom. The molecule has 23 heavy (non-hydrogen) atoms. The topological polar surface area (TPSA) is 62.6 Å². The average Bonchev–Trinajstić information content (AvgIpc) is 3.21. The summed E-state index contributed by atoms with van der Waals surface area (Å²) in [6.07, 6.45) is 3.90. The highest BCUT2D eigenvalue weighted by Crippen LogP contribution is 2.25. The van der Waals surface area contributed by atoms with Gasteiger partial charge in [0.2, 0.25) is 10.0 Å². The van der Waals surface area contributed by atoms with Crippen molar-refractivity contribution >= 4 is 26.0 Å². The van der Waals surface area contributed by atoms with Crippen LogP contribution in [0.15, 0.2) is 56.4 Å². The minimum absolute atomic E-state index is 0.0746. The summed E-state index contributed by atoms with van der Waals surface area (Å²) in [5, 5.41) is 0. The minimum atomic E-state index is -3.55. The number of likely N-dealkylation sites (tertiary alicyclic amines) is 1. The standard InChI is InChI=1S/C16H19BrN2O3S/c17-13-5-3-6-14(11-13)23(20,21)18-12-15(16-7-4-10-22-16)19-8-1-2-9-19/h3-7,10-11,15,18H,1-2,8-9,12H2/t15-/m1/s1. The van der Waals surface area contributed by atoms with Crippen molar-refractivity contribution < 1.29 is 12.8 Å². The molecule has 2 aromatic rings. The maximum atomic E-state index is 12.5. The number of furan rings is 1. The fourth-order valence-corrected chi connectivity index (χ4v) is 4.48.